The summed E-state index contributed by atoms with van der Waals surface area (Å²) in [6.07, 6.45) is 8.51. The van der Waals surface area contributed by atoms with Crippen molar-refractivity contribution in [2.75, 3.05) is 13.1 Å². The van der Waals surface area contributed by atoms with Gasteiger partial charge in [-0.25, -0.2) is 0 Å². The molecule has 0 bridgehead atoms. The number of hydrogen-bond donors (Lipinski definition) is 1. The standard InChI is InChI=1S/C23H29N3/c1-4-25(5-2)18-19-12-13-23-20(16-19)17-22(26(23)6-3)14-15-24-21-10-8-7-9-11-21/h7-8,10,12-13,16-17,24H,4-6,9,11,18H2,1-3H3. The molecule has 3 rings (SSSR count). The monoisotopic (exact) mass is 347 g/mol. The number of benzene rings is 1. The highest BCUT2D eigenvalue weighted by molar-refractivity contribution is 5.83. The minimum absolute atomic E-state index is 0.925. The summed E-state index contributed by atoms with van der Waals surface area (Å²) in [6, 6.07) is 12.2. The molecule has 136 valence electrons. The molecule has 2 aromatic rings. The lowest BCUT2D eigenvalue weighted by Crippen LogP contribution is -2.21. The summed E-state index contributed by atoms with van der Waals surface area (Å²) in [5.74, 6) is 3.31. The summed E-state index contributed by atoms with van der Waals surface area (Å²) in [5.41, 5.74) is 4.90. The van der Waals surface area contributed by atoms with Crippen LogP contribution in [0.4, 0.5) is 0 Å². The smallest absolute Gasteiger partial charge is 0.0949 e. The molecule has 3 heteroatoms. The fraction of sp³-hybridized carbons (Fsp3) is 0.391. The van der Waals surface area contributed by atoms with E-state index < -0.39 is 0 Å². The molecule has 1 heterocycles. The van der Waals surface area contributed by atoms with Gasteiger partial charge in [-0.15, -0.1) is 0 Å². The quantitative estimate of drug-likeness (QED) is 0.607. The van der Waals surface area contributed by atoms with Crippen LogP contribution in [0.25, 0.3) is 10.9 Å². The maximum atomic E-state index is 3.31. The van der Waals surface area contributed by atoms with Crippen LogP contribution in [0.1, 0.15) is 44.9 Å². The molecule has 0 aliphatic heterocycles. The van der Waals surface area contributed by atoms with Gasteiger partial charge in [0, 0.05) is 35.7 Å². The van der Waals surface area contributed by atoms with E-state index in [1.54, 1.807) is 0 Å². The molecule has 26 heavy (non-hydrogen) atoms. The minimum Gasteiger partial charge on any atom is -0.334 e. The molecule has 0 radical (unpaired) electrons. The van der Waals surface area contributed by atoms with E-state index in [0.29, 0.717) is 0 Å². The van der Waals surface area contributed by atoms with Crippen molar-refractivity contribution in [2.45, 2.75) is 46.7 Å². The maximum Gasteiger partial charge on any atom is 0.0949 e. The Balaban J connectivity index is 1.84. The fourth-order valence-electron chi connectivity index (χ4n) is 3.45. The number of nitrogens with zero attached hydrogens (tertiary/aromatic N) is 2. The predicted molar refractivity (Wildman–Crippen MR) is 111 cm³/mol. The van der Waals surface area contributed by atoms with Gasteiger partial charge in [-0.05, 0) is 68.6 Å². The number of aromatic nitrogens is 1. The molecule has 0 unspecified atom stereocenters. The van der Waals surface area contributed by atoms with Gasteiger partial charge < -0.3 is 9.88 Å². The van der Waals surface area contributed by atoms with Crippen LogP contribution < -0.4 is 5.32 Å². The molecule has 0 fully saturated rings. The topological polar surface area (TPSA) is 20.2 Å². The summed E-state index contributed by atoms with van der Waals surface area (Å²) in [6.45, 7) is 10.7. The van der Waals surface area contributed by atoms with Gasteiger partial charge >= 0.3 is 0 Å². The molecule has 0 amide bonds. The second-order valence-corrected chi connectivity index (χ2v) is 6.66. The first-order valence-corrected chi connectivity index (χ1v) is 9.72. The minimum atomic E-state index is 0.925. The molecular formula is C23H29N3. The van der Waals surface area contributed by atoms with Crippen molar-refractivity contribution < 1.29 is 0 Å². The van der Waals surface area contributed by atoms with Gasteiger partial charge in [-0.3, -0.25) is 4.90 Å². The summed E-state index contributed by atoms with van der Waals surface area (Å²) in [7, 11) is 0. The Morgan fingerprint density at radius 2 is 2.00 bits per heavy atom. The third-order valence-electron chi connectivity index (χ3n) is 5.01. The molecule has 0 saturated heterocycles. The van der Waals surface area contributed by atoms with Crippen LogP contribution in [0.5, 0.6) is 0 Å². The maximum absolute atomic E-state index is 3.31. The van der Waals surface area contributed by atoms with Gasteiger partial charge in [-0.1, -0.05) is 32.1 Å². The van der Waals surface area contributed by atoms with Crippen LogP contribution in [-0.2, 0) is 13.1 Å². The SMILES string of the molecule is CCN(CC)Cc1ccc2c(c1)cc(C#CNC1=CC=CCC1)n2CC. The highest BCUT2D eigenvalue weighted by atomic mass is 15.1. The predicted octanol–water partition coefficient (Wildman–Crippen LogP) is 4.64. The Morgan fingerprint density at radius 1 is 1.15 bits per heavy atom. The van der Waals surface area contributed by atoms with Crippen LogP contribution in [-0.4, -0.2) is 22.6 Å². The molecule has 1 aliphatic rings. The first-order valence-electron chi connectivity index (χ1n) is 9.72. The van der Waals surface area contributed by atoms with Gasteiger partial charge in [0.1, 0.15) is 0 Å². The van der Waals surface area contributed by atoms with Crippen molar-refractivity contribution in [3.8, 4) is 12.0 Å². The highest BCUT2D eigenvalue weighted by Crippen LogP contribution is 2.22. The Bertz CT molecular complexity index is 870. The third-order valence-corrected chi connectivity index (χ3v) is 5.01. The van der Waals surface area contributed by atoms with Crippen molar-refractivity contribution >= 4 is 10.9 Å². The Kier molecular flexibility index (Phi) is 6.20. The van der Waals surface area contributed by atoms with E-state index in [0.717, 1.165) is 44.7 Å². The zero-order chi connectivity index (χ0) is 18.4. The number of hydrogen-bond acceptors (Lipinski definition) is 2. The molecule has 0 atom stereocenters. The second-order valence-electron chi connectivity index (χ2n) is 6.66. The molecule has 1 aromatic heterocycles. The number of nitrogens with one attached hydrogen (secondary N) is 1. The van der Waals surface area contributed by atoms with Crippen LogP contribution >= 0.6 is 0 Å². The molecule has 0 spiro atoms. The number of aryl methyl sites for hydroxylation is 1. The van der Waals surface area contributed by atoms with E-state index in [1.165, 1.54) is 22.2 Å². The van der Waals surface area contributed by atoms with E-state index in [2.05, 4.69) is 90.0 Å². The molecule has 1 aromatic carbocycles. The van der Waals surface area contributed by atoms with Crippen molar-refractivity contribution in [1.82, 2.24) is 14.8 Å². The molecule has 3 nitrogen and oxygen atoms in total. The summed E-state index contributed by atoms with van der Waals surface area (Å²) >= 11 is 0. The van der Waals surface area contributed by atoms with E-state index in [4.69, 9.17) is 0 Å². The van der Waals surface area contributed by atoms with Gasteiger partial charge in [0.05, 0.1) is 5.69 Å². The first kappa shape index (κ1) is 18.4. The average Bonchev–Trinajstić information content (AvgIpc) is 3.03. The second kappa shape index (κ2) is 8.78. The number of fused-ring (bicyclic) bond motifs is 1. The Labute approximate surface area is 157 Å². The lowest BCUT2D eigenvalue weighted by molar-refractivity contribution is 0.296. The molecule has 0 saturated carbocycles. The zero-order valence-electron chi connectivity index (χ0n) is 16.2. The van der Waals surface area contributed by atoms with Gasteiger partial charge in [0.2, 0.25) is 0 Å². The largest absolute Gasteiger partial charge is 0.334 e. The summed E-state index contributed by atoms with van der Waals surface area (Å²) in [4.78, 5) is 2.44. The Morgan fingerprint density at radius 3 is 2.69 bits per heavy atom. The van der Waals surface area contributed by atoms with Crippen molar-refractivity contribution in [2.24, 2.45) is 0 Å². The van der Waals surface area contributed by atoms with Crippen LogP contribution in [0.3, 0.4) is 0 Å². The highest BCUT2D eigenvalue weighted by Gasteiger charge is 2.08. The van der Waals surface area contributed by atoms with E-state index in [9.17, 15) is 0 Å². The fourth-order valence-corrected chi connectivity index (χ4v) is 3.45. The van der Waals surface area contributed by atoms with Crippen molar-refractivity contribution in [1.29, 1.82) is 0 Å². The summed E-state index contributed by atoms with van der Waals surface area (Å²) < 4.78 is 2.29. The van der Waals surface area contributed by atoms with Gasteiger partial charge in [0.15, 0.2) is 0 Å². The average molecular weight is 348 g/mol. The lowest BCUT2D eigenvalue weighted by Gasteiger charge is -2.18. The lowest BCUT2D eigenvalue weighted by atomic mass is 10.1. The van der Waals surface area contributed by atoms with Crippen molar-refractivity contribution in [3.63, 3.8) is 0 Å². The van der Waals surface area contributed by atoms with E-state index in [1.807, 2.05) is 0 Å². The first-order chi connectivity index (χ1) is 12.7. The van der Waals surface area contributed by atoms with Crippen LogP contribution in [0, 0.1) is 12.0 Å². The zero-order valence-corrected chi connectivity index (χ0v) is 16.2. The van der Waals surface area contributed by atoms with E-state index in [-0.39, 0.29) is 0 Å². The normalized spacial score (nSPS) is 13.6. The van der Waals surface area contributed by atoms with Gasteiger partial charge in [0.25, 0.3) is 0 Å². The Hall–Kier alpha value is -2.44. The number of rotatable bonds is 6. The molecule has 1 N–H and O–H groups in total. The molecule has 1 aliphatic carbocycles. The van der Waals surface area contributed by atoms with Crippen LogP contribution in [0.2, 0.25) is 0 Å². The summed E-state index contributed by atoms with van der Waals surface area (Å²) in [5, 5.41) is 4.53. The number of allylic oxidation sites excluding steroid dienone is 4. The molecular weight excluding hydrogens is 318 g/mol. The van der Waals surface area contributed by atoms with Crippen molar-refractivity contribution in [3.05, 3.63) is 59.4 Å². The third kappa shape index (κ3) is 4.20. The van der Waals surface area contributed by atoms with Crippen LogP contribution in [0.15, 0.2) is 48.2 Å². The van der Waals surface area contributed by atoms with Gasteiger partial charge in [-0.2, -0.15) is 0 Å². The van der Waals surface area contributed by atoms with E-state index >= 15 is 0 Å².